The van der Waals surface area contributed by atoms with Crippen LogP contribution in [0.1, 0.15) is 2.74 Å². The molecule has 9 heavy (non-hydrogen) atoms. The Morgan fingerprint density at radius 2 is 2.44 bits per heavy atom. The Morgan fingerprint density at radius 1 is 1.78 bits per heavy atom. The normalized spacial score (nSPS) is 12.8. The van der Waals surface area contributed by atoms with Gasteiger partial charge in [-0.15, -0.1) is 0 Å². The molecule has 0 spiro atoms. The number of hydrogen-bond donors (Lipinski definition) is 0. The molecule has 48 valence electrons. The first-order valence-corrected chi connectivity index (χ1v) is 4.26. The van der Waals surface area contributed by atoms with Crippen LogP contribution in [-0.2, 0) is 0 Å². The average Bonchev–Trinajstić information content (AvgIpc) is 1.97. The minimum absolute atomic E-state index is 0.112. The summed E-state index contributed by atoms with van der Waals surface area (Å²) in [5.74, 6) is 0. The second-order valence-corrected chi connectivity index (χ2v) is 3.45. The highest BCUT2D eigenvalue weighted by molar-refractivity contribution is 14.1. The van der Waals surface area contributed by atoms with Crippen LogP contribution in [0.3, 0.4) is 0 Å². The van der Waals surface area contributed by atoms with Crippen LogP contribution < -0.4 is 0 Å². The first-order valence-electron chi connectivity index (χ1n) is 3.01. The molecule has 0 bridgehead atoms. The summed E-state index contributed by atoms with van der Waals surface area (Å²) in [6, 6.07) is 0.320. The second kappa shape index (κ2) is 3.16. The maximum atomic E-state index is 7.39. The standard InChI is InChI=1S/C5H2BrClIN/c6-4-1-3(8)2-5(7)9-4/h1-2H/i1D,2D. The summed E-state index contributed by atoms with van der Waals surface area (Å²) in [7, 11) is 0. The highest BCUT2D eigenvalue weighted by atomic mass is 127. The Bertz CT molecular complexity index is 281. The molecule has 4 heteroatoms. The summed E-state index contributed by atoms with van der Waals surface area (Å²) in [6.07, 6.45) is 0. The Labute approximate surface area is 82.9 Å². The molecule has 1 aromatic heterocycles. The van der Waals surface area contributed by atoms with E-state index < -0.39 is 0 Å². The molecule has 0 fully saturated rings. The molecule has 1 heterocycles. The first kappa shape index (κ1) is 5.32. The van der Waals surface area contributed by atoms with E-state index in [0.29, 0.717) is 8.17 Å². The van der Waals surface area contributed by atoms with E-state index in [1.54, 1.807) is 0 Å². The van der Waals surface area contributed by atoms with Crippen LogP contribution in [0.4, 0.5) is 0 Å². The van der Waals surface area contributed by atoms with Crippen LogP contribution in [0, 0.1) is 3.57 Å². The van der Waals surface area contributed by atoms with Gasteiger partial charge >= 0.3 is 0 Å². The zero-order valence-corrected chi connectivity index (χ0v) is 8.58. The zero-order chi connectivity index (χ0) is 8.59. The lowest BCUT2D eigenvalue weighted by Crippen LogP contribution is -1.77. The van der Waals surface area contributed by atoms with Gasteiger partial charge in [0.1, 0.15) is 9.76 Å². The molecule has 0 aromatic carbocycles. The fourth-order valence-corrected chi connectivity index (χ4v) is 2.05. The summed E-state index contributed by atoms with van der Waals surface area (Å²) in [5.41, 5.74) is 0. The minimum Gasteiger partial charge on any atom is -0.229 e. The van der Waals surface area contributed by atoms with E-state index in [-0.39, 0.29) is 17.2 Å². The average molecular weight is 320 g/mol. The summed E-state index contributed by atoms with van der Waals surface area (Å²) < 4.78 is 15.6. The largest absolute Gasteiger partial charge is 0.229 e. The molecule has 1 nitrogen and oxygen atoms in total. The number of aromatic nitrogens is 1. The molecular formula is C5H2BrClIN. The number of rotatable bonds is 0. The van der Waals surface area contributed by atoms with Gasteiger partial charge in [-0.05, 0) is 50.6 Å². The van der Waals surface area contributed by atoms with Gasteiger partial charge in [-0.25, -0.2) is 4.98 Å². The molecule has 0 aliphatic carbocycles. The molecule has 1 aromatic rings. The Hall–Kier alpha value is 0.650. The lowest BCUT2D eigenvalue weighted by Gasteiger charge is -1.91. The highest BCUT2D eigenvalue weighted by Gasteiger charge is 1.93. The Kier molecular flexibility index (Phi) is 1.87. The van der Waals surface area contributed by atoms with Crippen molar-refractivity contribution in [2.45, 2.75) is 0 Å². The molecule has 0 saturated heterocycles. The molecule has 0 N–H and O–H groups in total. The van der Waals surface area contributed by atoms with Crippen LogP contribution >= 0.6 is 50.1 Å². The summed E-state index contributed by atoms with van der Waals surface area (Å²) >= 11 is 10.5. The number of halogens is 3. The fraction of sp³-hybridized carbons (Fsp3) is 0. The molecular weight excluding hydrogens is 316 g/mol. The predicted molar refractivity (Wildman–Crippen MR) is 49.7 cm³/mol. The molecule has 0 saturated carbocycles. The lowest BCUT2D eigenvalue weighted by molar-refractivity contribution is 1.26. The van der Waals surface area contributed by atoms with Crippen molar-refractivity contribution in [3.63, 3.8) is 0 Å². The molecule has 0 aliphatic heterocycles. The number of hydrogen-bond acceptors (Lipinski definition) is 1. The number of nitrogens with zero attached hydrogens (tertiary/aromatic N) is 1. The quantitative estimate of drug-likeness (QED) is 0.529. The van der Waals surface area contributed by atoms with E-state index in [9.17, 15) is 0 Å². The third kappa shape index (κ3) is 2.39. The van der Waals surface area contributed by atoms with E-state index >= 15 is 0 Å². The van der Waals surface area contributed by atoms with Crippen LogP contribution in [0.2, 0.25) is 5.15 Å². The van der Waals surface area contributed by atoms with Crippen molar-refractivity contribution in [2.24, 2.45) is 0 Å². The zero-order valence-electron chi connectivity index (χ0n) is 6.08. The van der Waals surface area contributed by atoms with Gasteiger partial charge in [-0.2, -0.15) is 0 Å². The molecule has 0 atom stereocenters. The van der Waals surface area contributed by atoms with Gasteiger partial charge in [-0.1, -0.05) is 11.6 Å². The third-order valence-corrected chi connectivity index (χ3v) is 1.72. The Morgan fingerprint density at radius 3 is 3.11 bits per heavy atom. The van der Waals surface area contributed by atoms with Crippen LogP contribution in [-0.4, -0.2) is 4.98 Å². The van der Waals surface area contributed by atoms with Gasteiger partial charge in [0, 0.05) is 3.57 Å². The maximum Gasteiger partial charge on any atom is 0.131 e. The highest BCUT2D eigenvalue weighted by Crippen LogP contribution is 2.15. The van der Waals surface area contributed by atoms with Crippen molar-refractivity contribution >= 4 is 50.1 Å². The second-order valence-electron chi connectivity index (χ2n) is 1.26. The van der Waals surface area contributed by atoms with E-state index in [0.717, 1.165) is 0 Å². The van der Waals surface area contributed by atoms with Gasteiger partial charge in [0.25, 0.3) is 0 Å². The maximum absolute atomic E-state index is 7.39. The Balaban J connectivity index is 3.46. The van der Waals surface area contributed by atoms with Crippen molar-refractivity contribution in [1.82, 2.24) is 4.98 Å². The van der Waals surface area contributed by atoms with Crippen molar-refractivity contribution in [3.8, 4) is 0 Å². The molecule has 0 unspecified atom stereocenters. The van der Waals surface area contributed by atoms with Crippen molar-refractivity contribution < 1.29 is 2.74 Å². The predicted octanol–water partition coefficient (Wildman–Crippen LogP) is 3.10. The van der Waals surface area contributed by atoms with Crippen molar-refractivity contribution in [2.75, 3.05) is 0 Å². The van der Waals surface area contributed by atoms with Crippen molar-refractivity contribution in [3.05, 3.63) is 25.4 Å². The van der Waals surface area contributed by atoms with Gasteiger partial charge in [-0.3, -0.25) is 0 Å². The van der Waals surface area contributed by atoms with Gasteiger partial charge in [0.2, 0.25) is 0 Å². The summed E-state index contributed by atoms with van der Waals surface area (Å²) in [4.78, 5) is 3.74. The van der Waals surface area contributed by atoms with Gasteiger partial charge in [0.15, 0.2) is 0 Å². The van der Waals surface area contributed by atoms with Crippen LogP contribution in [0.5, 0.6) is 0 Å². The fourth-order valence-electron chi connectivity index (χ4n) is 0.354. The van der Waals surface area contributed by atoms with E-state index in [4.69, 9.17) is 14.3 Å². The molecule has 0 radical (unpaired) electrons. The van der Waals surface area contributed by atoms with Gasteiger partial charge < -0.3 is 0 Å². The molecule has 1 rings (SSSR count). The molecule has 0 aliphatic rings. The monoisotopic (exact) mass is 319 g/mol. The van der Waals surface area contributed by atoms with Crippen LogP contribution in [0.15, 0.2) is 16.7 Å². The molecule has 0 amide bonds. The van der Waals surface area contributed by atoms with Crippen LogP contribution in [0.25, 0.3) is 0 Å². The number of pyridine rings is 1. The lowest BCUT2D eigenvalue weighted by atomic mass is 10.5. The summed E-state index contributed by atoms with van der Waals surface area (Å²) in [5, 5.41) is 0.122. The smallest absolute Gasteiger partial charge is 0.131 e. The van der Waals surface area contributed by atoms with Gasteiger partial charge in [0.05, 0.1) is 2.74 Å². The summed E-state index contributed by atoms with van der Waals surface area (Å²) in [6.45, 7) is 0. The third-order valence-electron chi connectivity index (χ3n) is 0.622. The van der Waals surface area contributed by atoms with E-state index in [2.05, 4.69) is 20.9 Å². The van der Waals surface area contributed by atoms with E-state index in [1.807, 2.05) is 22.6 Å². The topological polar surface area (TPSA) is 12.9 Å². The SMILES string of the molecule is [2H]c1c(Cl)nc(Br)c([2H])c1I. The minimum atomic E-state index is 0.112. The first-order chi connectivity index (χ1) is 5.04. The van der Waals surface area contributed by atoms with Crippen molar-refractivity contribution in [1.29, 1.82) is 0 Å². The van der Waals surface area contributed by atoms with E-state index in [1.165, 1.54) is 0 Å².